The molecular formula is C26H47N5O3. The molecule has 8 heteroatoms. The first-order valence-corrected chi connectivity index (χ1v) is 13.7. The monoisotopic (exact) mass is 477 g/mol. The Morgan fingerprint density at radius 1 is 0.882 bits per heavy atom. The lowest BCUT2D eigenvalue weighted by molar-refractivity contribution is -0.139. The fourth-order valence-electron chi connectivity index (χ4n) is 6.71. The SMILES string of the molecule is COC1CCC(C2CNC(NC3CCC(C(=O)N(C)C4CCN(C(C)=O)CC4)CC3)NC2)CC1. The van der Waals surface area contributed by atoms with E-state index < -0.39 is 0 Å². The number of piperidine rings is 1. The molecule has 0 radical (unpaired) electrons. The minimum atomic E-state index is 0.143. The highest BCUT2D eigenvalue weighted by Gasteiger charge is 2.34. The van der Waals surface area contributed by atoms with Crippen LogP contribution in [0.4, 0.5) is 0 Å². The van der Waals surface area contributed by atoms with Crippen LogP contribution < -0.4 is 16.0 Å². The molecule has 0 aromatic carbocycles. The third-order valence-electron chi connectivity index (χ3n) is 9.17. The average molecular weight is 478 g/mol. The first-order valence-electron chi connectivity index (χ1n) is 13.7. The summed E-state index contributed by atoms with van der Waals surface area (Å²) in [6.07, 6.45) is 11.4. The van der Waals surface area contributed by atoms with Crippen LogP contribution in [0.3, 0.4) is 0 Å². The summed E-state index contributed by atoms with van der Waals surface area (Å²) in [5.74, 6) is 2.11. The van der Waals surface area contributed by atoms with Crippen LogP contribution in [0.1, 0.15) is 71.1 Å². The highest BCUT2D eigenvalue weighted by atomic mass is 16.5. The Bertz CT molecular complexity index is 659. The van der Waals surface area contributed by atoms with E-state index in [1.54, 1.807) is 6.92 Å². The van der Waals surface area contributed by atoms with Crippen molar-refractivity contribution in [2.45, 2.75) is 95.6 Å². The van der Waals surface area contributed by atoms with Gasteiger partial charge in [0.05, 0.1) is 6.10 Å². The maximum atomic E-state index is 13.1. The van der Waals surface area contributed by atoms with E-state index in [9.17, 15) is 9.59 Å². The number of carbonyl (C=O) groups is 2. The van der Waals surface area contributed by atoms with Gasteiger partial charge in [0.25, 0.3) is 0 Å². The van der Waals surface area contributed by atoms with Gasteiger partial charge < -0.3 is 14.5 Å². The topological polar surface area (TPSA) is 85.9 Å². The summed E-state index contributed by atoms with van der Waals surface area (Å²) in [6.45, 7) is 5.32. The number of carbonyl (C=O) groups excluding carboxylic acids is 2. The van der Waals surface area contributed by atoms with Crippen LogP contribution in [0.5, 0.6) is 0 Å². The first kappa shape index (κ1) is 25.9. The van der Waals surface area contributed by atoms with E-state index in [4.69, 9.17) is 4.74 Å². The van der Waals surface area contributed by atoms with E-state index in [-0.39, 0.29) is 24.2 Å². The number of likely N-dealkylation sites (tertiary alicyclic amines) is 1. The molecule has 0 atom stereocenters. The van der Waals surface area contributed by atoms with E-state index in [2.05, 4.69) is 16.0 Å². The van der Waals surface area contributed by atoms with Gasteiger partial charge in [0.2, 0.25) is 11.8 Å². The third-order valence-corrected chi connectivity index (χ3v) is 9.17. The zero-order chi connectivity index (χ0) is 24.1. The van der Waals surface area contributed by atoms with Gasteiger partial charge >= 0.3 is 0 Å². The molecule has 2 amide bonds. The van der Waals surface area contributed by atoms with Crippen molar-refractivity contribution in [3.05, 3.63) is 0 Å². The Hall–Kier alpha value is -1.22. The molecule has 0 aromatic heterocycles. The minimum absolute atomic E-state index is 0.143. The Morgan fingerprint density at radius 2 is 1.50 bits per heavy atom. The molecule has 2 heterocycles. The van der Waals surface area contributed by atoms with E-state index in [1.807, 2.05) is 24.0 Å². The van der Waals surface area contributed by atoms with Crippen molar-refractivity contribution in [3.8, 4) is 0 Å². The van der Waals surface area contributed by atoms with Crippen molar-refractivity contribution in [3.63, 3.8) is 0 Å². The van der Waals surface area contributed by atoms with Crippen LogP contribution in [0, 0.1) is 17.8 Å². The number of nitrogens with one attached hydrogen (secondary N) is 3. The predicted octanol–water partition coefficient (Wildman–Crippen LogP) is 1.90. The summed E-state index contributed by atoms with van der Waals surface area (Å²) in [7, 11) is 3.81. The van der Waals surface area contributed by atoms with Gasteiger partial charge in [-0.2, -0.15) is 0 Å². The molecule has 0 spiro atoms. The lowest BCUT2D eigenvalue weighted by Gasteiger charge is -2.41. The molecule has 4 aliphatic rings. The summed E-state index contributed by atoms with van der Waals surface area (Å²) >= 11 is 0. The second kappa shape index (κ2) is 12.2. The molecule has 0 bridgehead atoms. The molecule has 34 heavy (non-hydrogen) atoms. The van der Waals surface area contributed by atoms with Crippen LogP contribution in [0.25, 0.3) is 0 Å². The molecule has 8 nitrogen and oxygen atoms in total. The van der Waals surface area contributed by atoms with Crippen molar-refractivity contribution in [1.29, 1.82) is 0 Å². The van der Waals surface area contributed by atoms with Crippen LogP contribution >= 0.6 is 0 Å². The third kappa shape index (κ3) is 6.50. The average Bonchev–Trinajstić information content (AvgIpc) is 2.89. The second-order valence-electron chi connectivity index (χ2n) is 11.2. The zero-order valence-corrected chi connectivity index (χ0v) is 21.6. The molecule has 0 aromatic rings. The van der Waals surface area contributed by atoms with E-state index >= 15 is 0 Å². The first-order chi connectivity index (χ1) is 16.4. The Kier molecular flexibility index (Phi) is 9.24. The molecule has 2 aliphatic carbocycles. The molecule has 4 rings (SSSR count). The lowest BCUT2D eigenvalue weighted by Crippen LogP contribution is -2.63. The van der Waals surface area contributed by atoms with Gasteiger partial charge in [-0.05, 0) is 76.0 Å². The summed E-state index contributed by atoms with van der Waals surface area (Å²) in [5, 5.41) is 11.1. The van der Waals surface area contributed by atoms with Gasteiger partial charge in [0.15, 0.2) is 0 Å². The maximum Gasteiger partial charge on any atom is 0.225 e. The number of nitrogens with zero attached hydrogens (tertiary/aromatic N) is 2. The molecule has 3 N–H and O–H groups in total. The summed E-state index contributed by atoms with van der Waals surface area (Å²) in [5.41, 5.74) is 0. The zero-order valence-electron chi connectivity index (χ0n) is 21.6. The van der Waals surface area contributed by atoms with Gasteiger partial charge in [-0.1, -0.05) is 0 Å². The smallest absolute Gasteiger partial charge is 0.225 e. The van der Waals surface area contributed by atoms with Gasteiger partial charge in [-0.25, -0.2) is 0 Å². The van der Waals surface area contributed by atoms with Gasteiger partial charge in [0.1, 0.15) is 6.29 Å². The van der Waals surface area contributed by atoms with Crippen LogP contribution in [0.15, 0.2) is 0 Å². The molecule has 2 saturated heterocycles. The Labute approximate surface area is 205 Å². The van der Waals surface area contributed by atoms with Crippen molar-refractivity contribution >= 4 is 11.8 Å². The van der Waals surface area contributed by atoms with Crippen molar-refractivity contribution in [1.82, 2.24) is 25.8 Å². The number of hydrogen-bond donors (Lipinski definition) is 3. The Morgan fingerprint density at radius 3 is 2.06 bits per heavy atom. The predicted molar refractivity (Wildman–Crippen MR) is 133 cm³/mol. The molecule has 2 aliphatic heterocycles. The summed E-state index contributed by atoms with van der Waals surface area (Å²) in [6, 6.07) is 0.735. The van der Waals surface area contributed by atoms with Crippen LogP contribution in [-0.2, 0) is 14.3 Å². The minimum Gasteiger partial charge on any atom is -0.381 e. The molecular weight excluding hydrogens is 430 g/mol. The van der Waals surface area contributed by atoms with E-state index in [0.717, 1.165) is 70.6 Å². The van der Waals surface area contributed by atoms with Crippen LogP contribution in [0.2, 0.25) is 0 Å². The molecule has 194 valence electrons. The van der Waals surface area contributed by atoms with Crippen molar-refractivity contribution in [2.75, 3.05) is 40.3 Å². The largest absolute Gasteiger partial charge is 0.381 e. The number of methoxy groups -OCH3 is 1. The highest BCUT2D eigenvalue weighted by molar-refractivity contribution is 5.79. The standard InChI is InChI=1S/C26H47N5O3/c1-18(32)31-14-12-23(13-15-31)30(2)25(33)20-4-8-22(9-5-20)29-26-27-16-21(17-28-26)19-6-10-24(34-3)11-7-19/h19-24,26-29H,4-17H2,1-3H3. The van der Waals surface area contributed by atoms with Gasteiger partial charge in [-0.15, -0.1) is 0 Å². The van der Waals surface area contributed by atoms with Crippen molar-refractivity contribution < 1.29 is 14.3 Å². The van der Waals surface area contributed by atoms with Gasteiger partial charge in [-0.3, -0.25) is 25.5 Å². The number of amides is 2. The Balaban J connectivity index is 1.13. The highest BCUT2D eigenvalue weighted by Crippen LogP contribution is 2.32. The number of ether oxygens (including phenoxy) is 1. The number of hydrogen-bond acceptors (Lipinski definition) is 6. The summed E-state index contributed by atoms with van der Waals surface area (Å²) in [4.78, 5) is 28.6. The quantitative estimate of drug-likeness (QED) is 0.542. The molecule has 4 fully saturated rings. The van der Waals surface area contributed by atoms with Crippen LogP contribution in [-0.4, -0.2) is 86.4 Å². The molecule has 0 unspecified atom stereocenters. The van der Waals surface area contributed by atoms with E-state index in [1.165, 1.54) is 25.7 Å². The molecule has 2 saturated carbocycles. The maximum absolute atomic E-state index is 13.1. The second-order valence-corrected chi connectivity index (χ2v) is 11.2. The lowest BCUT2D eigenvalue weighted by atomic mass is 9.78. The van der Waals surface area contributed by atoms with E-state index in [0.29, 0.717) is 24.0 Å². The normalized spacial score (nSPS) is 35.7. The number of rotatable bonds is 6. The fourth-order valence-corrected chi connectivity index (χ4v) is 6.71. The summed E-state index contributed by atoms with van der Waals surface area (Å²) < 4.78 is 5.53. The van der Waals surface area contributed by atoms with Crippen molar-refractivity contribution in [2.24, 2.45) is 17.8 Å². The fraction of sp³-hybridized carbons (Fsp3) is 0.923. The van der Waals surface area contributed by atoms with Gasteiger partial charge in [0, 0.05) is 65.3 Å².